The van der Waals surface area contributed by atoms with Gasteiger partial charge >= 0.3 is 12.1 Å². The van der Waals surface area contributed by atoms with Crippen molar-refractivity contribution in [2.45, 2.75) is 45.4 Å². The van der Waals surface area contributed by atoms with Gasteiger partial charge in [0.05, 0.1) is 20.3 Å². The summed E-state index contributed by atoms with van der Waals surface area (Å²) < 4.78 is 42.5. The maximum atomic E-state index is 10.6. The first kappa shape index (κ1) is 26.0. The molecule has 0 aliphatic carbocycles. The second-order valence-corrected chi connectivity index (χ2v) is 7.64. The van der Waals surface area contributed by atoms with Gasteiger partial charge < -0.3 is 24.6 Å². The Labute approximate surface area is 175 Å². The molecule has 1 heterocycles. The molecule has 1 saturated heterocycles. The van der Waals surface area contributed by atoms with E-state index in [0.29, 0.717) is 11.8 Å². The Kier molecular flexibility index (Phi) is 10.4. The fourth-order valence-electron chi connectivity index (χ4n) is 3.42. The highest BCUT2D eigenvalue weighted by atomic mass is 19.4. The smallest absolute Gasteiger partial charge is 0.490 e. The van der Waals surface area contributed by atoms with E-state index in [9.17, 15) is 18.3 Å². The maximum Gasteiger partial charge on any atom is 0.490 e. The number of benzene rings is 1. The summed E-state index contributed by atoms with van der Waals surface area (Å²) in [5.41, 5.74) is 1.19. The van der Waals surface area contributed by atoms with Gasteiger partial charge in [-0.3, -0.25) is 0 Å². The molecule has 0 bridgehead atoms. The van der Waals surface area contributed by atoms with Gasteiger partial charge in [0.15, 0.2) is 0 Å². The van der Waals surface area contributed by atoms with E-state index in [2.05, 4.69) is 24.8 Å². The predicted molar refractivity (Wildman–Crippen MR) is 107 cm³/mol. The van der Waals surface area contributed by atoms with Gasteiger partial charge in [0, 0.05) is 6.54 Å². The van der Waals surface area contributed by atoms with Crippen LogP contribution in [0, 0.1) is 11.8 Å². The number of aliphatic carboxylic acids is 1. The number of halogens is 3. The van der Waals surface area contributed by atoms with Crippen LogP contribution in [-0.2, 0) is 11.2 Å². The van der Waals surface area contributed by atoms with E-state index >= 15 is 0 Å². The largest absolute Gasteiger partial charge is 0.497 e. The molecule has 0 amide bonds. The third-order valence-electron chi connectivity index (χ3n) is 5.23. The zero-order valence-corrected chi connectivity index (χ0v) is 17.9. The summed E-state index contributed by atoms with van der Waals surface area (Å²) in [7, 11) is 3.40. The minimum absolute atomic E-state index is 0.157. The Morgan fingerprint density at radius 1 is 1.20 bits per heavy atom. The average molecular weight is 435 g/mol. The first-order valence-electron chi connectivity index (χ1n) is 9.91. The SMILES string of the molecule is COc1ccc(OC)c(CCN2CCC(C(O)C(C)C)CC2)c1.O=C(O)C(F)(F)F. The lowest BCUT2D eigenvalue weighted by atomic mass is 9.85. The van der Waals surface area contributed by atoms with Gasteiger partial charge in [0.25, 0.3) is 0 Å². The molecule has 2 N–H and O–H groups in total. The number of piperidine rings is 1. The van der Waals surface area contributed by atoms with Crippen LogP contribution in [0.4, 0.5) is 13.2 Å². The van der Waals surface area contributed by atoms with Crippen molar-refractivity contribution in [3.63, 3.8) is 0 Å². The summed E-state index contributed by atoms with van der Waals surface area (Å²) in [5.74, 6) is -0.145. The molecule has 172 valence electrons. The van der Waals surface area contributed by atoms with Crippen molar-refractivity contribution in [1.82, 2.24) is 4.90 Å². The third kappa shape index (κ3) is 8.39. The monoisotopic (exact) mass is 435 g/mol. The van der Waals surface area contributed by atoms with Crippen LogP contribution in [0.3, 0.4) is 0 Å². The predicted octanol–water partition coefficient (Wildman–Crippen LogP) is 3.61. The molecule has 1 unspecified atom stereocenters. The molecule has 1 aliphatic rings. The number of carboxylic acid groups (broad SMARTS) is 1. The maximum absolute atomic E-state index is 10.6. The highest BCUT2D eigenvalue weighted by Crippen LogP contribution is 2.27. The number of alkyl halides is 3. The molecule has 1 aromatic rings. The first-order chi connectivity index (χ1) is 14.0. The normalized spacial score (nSPS) is 16.6. The van der Waals surface area contributed by atoms with Crippen molar-refractivity contribution in [1.29, 1.82) is 0 Å². The van der Waals surface area contributed by atoms with Gasteiger partial charge in [0.1, 0.15) is 11.5 Å². The molecule has 6 nitrogen and oxygen atoms in total. The number of methoxy groups -OCH3 is 2. The Hall–Kier alpha value is -2.00. The summed E-state index contributed by atoms with van der Waals surface area (Å²) >= 11 is 0. The summed E-state index contributed by atoms with van der Waals surface area (Å²) in [4.78, 5) is 11.4. The number of aliphatic hydroxyl groups excluding tert-OH is 1. The second kappa shape index (κ2) is 12.0. The van der Waals surface area contributed by atoms with Crippen LogP contribution < -0.4 is 9.47 Å². The molecule has 1 aromatic carbocycles. The van der Waals surface area contributed by atoms with Crippen LogP contribution >= 0.6 is 0 Å². The summed E-state index contributed by atoms with van der Waals surface area (Å²) in [5, 5.41) is 17.3. The summed E-state index contributed by atoms with van der Waals surface area (Å²) in [6.45, 7) is 7.37. The van der Waals surface area contributed by atoms with E-state index in [4.69, 9.17) is 19.4 Å². The lowest BCUT2D eigenvalue weighted by molar-refractivity contribution is -0.192. The molecule has 30 heavy (non-hydrogen) atoms. The van der Waals surface area contributed by atoms with E-state index in [1.165, 1.54) is 5.56 Å². The number of hydrogen-bond donors (Lipinski definition) is 2. The number of aliphatic hydroxyl groups is 1. The van der Waals surface area contributed by atoms with Crippen molar-refractivity contribution in [3.05, 3.63) is 23.8 Å². The fraction of sp³-hybridized carbons (Fsp3) is 0.667. The lowest BCUT2D eigenvalue weighted by Gasteiger charge is -2.35. The average Bonchev–Trinajstić information content (AvgIpc) is 2.71. The number of likely N-dealkylation sites (tertiary alicyclic amines) is 1. The van der Waals surface area contributed by atoms with Crippen LogP contribution in [0.5, 0.6) is 11.5 Å². The van der Waals surface area contributed by atoms with E-state index in [1.54, 1.807) is 14.2 Å². The van der Waals surface area contributed by atoms with Crippen LogP contribution in [0.25, 0.3) is 0 Å². The fourth-order valence-corrected chi connectivity index (χ4v) is 3.42. The molecule has 0 radical (unpaired) electrons. The molecule has 0 spiro atoms. The molecule has 0 saturated carbocycles. The topological polar surface area (TPSA) is 79.2 Å². The van der Waals surface area contributed by atoms with Crippen LogP contribution in [0.2, 0.25) is 0 Å². The molecule has 9 heteroatoms. The van der Waals surface area contributed by atoms with Crippen LogP contribution in [0.15, 0.2) is 18.2 Å². The second-order valence-electron chi connectivity index (χ2n) is 7.64. The summed E-state index contributed by atoms with van der Waals surface area (Å²) in [6.07, 6.45) is -2.10. The van der Waals surface area contributed by atoms with Gasteiger partial charge in [-0.05, 0) is 68.0 Å². The minimum Gasteiger partial charge on any atom is -0.497 e. The van der Waals surface area contributed by atoms with E-state index < -0.39 is 12.1 Å². The van der Waals surface area contributed by atoms with Gasteiger partial charge in [-0.25, -0.2) is 4.79 Å². The van der Waals surface area contributed by atoms with Crippen molar-refractivity contribution in [2.75, 3.05) is 33.9 Å². The quantitative estimate of drug-likeness (QED) is 0.681. The van der Waals surface area contributed by atoms with Crippen molar-refractivity contribution in [3.8, 4) is 11.5 Å². The number of carbonyl (C=O) groups is 1. The van der Waals surface area contributed by atoms with Crippen molar-refractivity contribution in [2.24, 2.45) is 11.8 Å². The molecule has 1 fully saturated rings. The number of carboxylic acids is 1. The molecular formula is C21H32F3NO5. The molecule has 2 rings (SSSR count). The van der Waals surface area contributed by atoms with E-state index in [1.807, 2.05) is 12.1 Å². The first-order valence-corrected chi connectivity index (χ1v) is 9.91. The van der Waals surface area contributed by atoms with Crippen LogP contribution in [-0.4, -0.2) is 67.2 Å². The Morgan fingerprint density at radius 2 is 1.77 bits per heavy atom. The van der Waals surface area contributed by atoms with Crippen molar-refractivity contribution < 1.29 is 37.7 Å². The minimum atomic E-state index is -5.08. The molecule has 1 atom stereocenters. The Morgan fingerprint density at radius 3 is 2.20 bits per heavy atom. The highest BCUT2D eigenvalue weighted by Gasteiger charge is 2.38. The van der Waals surface area contributed by atoms with E-state index in [-0.39, 0.29) is 6.10 Å². The molecule has 0 aromatic heterocycles. The van der Waals surface area contributed by atoms with Gasteiger partial charge in [-0.15, -0.1) is 0 Å². The molecular weight excluding hydrogens is 403 g/mol. The van der Waals surface area contributed by atoms with Crippen LogP contribution in [0.1, 0.15) is 32.3 Å². The Balaban J connectivity index is 0.000000553. The van der Waals surface area contributed by atoms with Gasteiger partial charge in [-0.2, -0.15) is 13.2 Å². The lowest BCUT2D eigenvalue weighted by Crippen LogP contribution is -2.40. The molecule has 1 aliphatic heterocycles. The van der Waals surface area contributed by atoms with Crippen molar-refractivity contribution >= 4 is 5.97 Å². The van der Waals surface area contributed by atoms with E-state index in [0.717, 1.165) is 50.4 Å². The number of hydrogen-bond acceptors (Lipinski definition) is 5. The third-order valence-corrected chi connectivity index (χ3v) is 5.23. The highest BCUT2D eigenvalue weighted by molar-refractivity contribution is 5.73. The van der Waals surface area contributed by atoms with Gasteiger partial charge in [0.2, 0.25) is 0 Å². The zero-order chi connectivity index (χ0) is 22.9. The zero-order valence-electron chi connectivity index (χ0n) is 17.9. The number of ether oxygens (including phenoxy) is 2. The summed E-state index contributed by atoms with van der Waals surface area (Å²) in [6, 6.07) is 5.97. The number of rotatable bonds is 7. The standard InChI is InChI=1S/C19H31NO3.C2HF3O2/c1-14(2)19(21)15-7-10-20(11-8-15)12-9-16-13-17(22-3)5-6-18(16)23-4;3-2(4,5)1(6)7/h5-6,13-15,19,21H,7-12H2,1-4H3;(H,6,7). The number of nitrogens with zero attached hydrogens (tertiary/aromatic N) is 1. The van der Waals surface area contributed by atoms with Gasteiger partial charge in [-0.1, -0.05) is 13.8 Å². The Bertz CT molecular complexity index is 659.